The van der Waals surface area contributed by atoms with Crippen LogP contribution < -0.4 is 10.0 Å². The number of hydrogen-bond acceptors (Lipinski definition) is 4. The average Bonchev–Trinajstić information content (AvgIpc) is 2.23. The highest BCUT2D eigenvalue weighted by Gasteiger charge is 2.60. The van der Waals surface area contributed by atoms with Crippen molar-refractivity contribution in [3.05, 3.63) is 23.2 Å². The molecule has 1 aliphatic heterocycles. The van der Waals surface area contributed by atoms with E-state index in [-0.39, 0.29) is 10.7 Å². The van der Waals surface area contributed by atoms with Crippen molar-refractivity contribution < 1.29 is 13.2 Å². The summed E-state index contributed by atoms with van der Waals surface area (Å²) >= 11 is 5.79. The van der Waals surface area contributed by atoms with Gasteiger partial charge in [-0.2, -0.15) is 0 Å². The van der Waals surface area contributed by atoms with Crippen molar-refractivity contribution in [1.82, 2.24) is 0 Å². The van der Waals surface area contributed by atoms with Crippen molar-refractivity contribution >= 4 is 38.9 Å². The van der Waals surface area contributed by atoms with Crippen LogP contribution >= 0.6 is 11.6 Å². The van der Waals surface area contributed by atoms with Crippen LogP contribution in [0.25, 0.3) is 0 Å². The second kappa shape index (κ2) is 3.36. The van der Waals surface area contributed by atoms with Crippen molar-refractivity contribution in [2.45, 2.75) is 18.6 Å². The number of rotatable bonds is 1. The SMILES string of the molecule is CC1(C)C(=O)N(c2ccc(N)c(Cl)c2)S1(=O)=O. The van der Waals surface area contributed by atoms with Gasteiger partial charge in [0.25, 0.3) is 15.9 Å². The number of anilines is 2. The second-order valence-corrected chi connectivity index (χ2v) is 7.03. The van der Waals surface area contributed by atoms with Gasteiger partial charge in [-0.1, -0.05) is 11.6 Å². The maximum Gasteiger partial charge on any atom is 0.263 e. The summed E-state index contributed by atoms with van der Waals surface area (Å²) in [5, 5.41) is 0.218. The molecule has 1 aromatic carbocycles. The van der Waals surface area contributed by atoms with Gasteiger partial charge in [-0.15, -0.1) is 0 Å². The number of sulfonamides is 1. The minimum Gasteiger partial charge on any atom is -0.398 e. The average molecular weight is 275 g/mol. The van der Waals surface area contributed by atoms with E-state index in [2.05, 4.69) is 0 Å². The number of nitrogens with two attached hydrogens (primary N) is 1. The highest BCUT2D eigenvalue weighted by atomic mass is 35.5. The Bertz CT molecular complexity index is 610. The molecule has 1 amide bonds. The van der Waals surface area contributed by atoms with E-state index in [1.807, 2.05) is 0 Å². The molecular formula is C10H11ClN2O3S. The van der Waals surface area contributed by atoms with Crippen LogP contribution in [-0.2, 0) is 14.8 Å². The Balaban J connectivity index is 2.51. The molecule has 5 nitrogen and oxygen atoms in total. The normalized spacial score (nSPS) is 21.1. The molecule has 1 aromatic rings. The van der Waals surface area contributed by atoms with Crippen molar-refractivity contribution in [1.29, 1.82) is 0 Å². The van der Waals surface area contributed by atoms with Crippen LogP contribution in [0.5, 0.6) is 0 Å². The molecule has 0 atom stereocenters. The lowest BCUT2D eigenvalue weighted by atomic mass is 10.1. The Labute approximate surface area is 104 Å². The van der Waals surface area contributed by atoms with Crippen molar-refractivity contribution in [2.75, 3.05) is 10.0 Å². The summed E-state index contributed by atoms with van der Waals surface area (Å²) in [6.45, 7) is 2.75. The van der Waals surface area contributed by atoms with Crippen LogP contribution in [0.3, 0.4) is 0 Å². The van der Waals surface area contributed by atoms with Crippen molar-refractivity contribution in [3.8, 4) is 0 Å². The Hall–Kier alpha value is -1.27. The molecule has 0 bridgehead atoms. The van der Waals surface area contributed by atoms with Gasteiger partial charge in [0.1, 0.15) is 0 Å². The first-order valence-electron chi connectivity index (χ1n) is 4.84. The zero-order valence-electron chi connectivity index (χ0n) is 9.27. The Morgan fingerprint density at radius 2 is 1.94 bits per heavy atom. The van der Waals surface area contributed by atoms with E-state index in [0.717, 1.165) is 4.31 Å². The quantitative estimate of drug-likeness (QED) is 0.785. The second-order valence-electron chi connectivity index (χ2n) is 4.29. The summed E-state index contributed by atoms with van der Waals surface area (Å²) in [6.07, 6.45) is 0. The minimum atomic E-state index is -3.65. The standard InChI is InChI=1S/C10H11ClN2O3S/c1-10(2)9(14)13(17(10,15)16)6-3-4-8(12)7(11)5-6/h3-5H,12H2,1-2H3. The van der Waals surface area contributed by atoms with Crippen LogP contribution in [0.15, 0.2) is 18.2 Å². The Kier molecular flexibility index (Phi) is 2.41. The molecule has 17 heavy (non-hydrogen) atoms. The third-order valence-corrected chi connectivity index (χ3v) is 5.45. The molecule has 0 aliphatic carbocycles. The summed E-state index contributed by atoms with van der Waals surface area (Å²) < 4.78 is 23.2. The van der Waals surface area contributed by atoms with E-state index in [9.17, 15) is 13.2 Å². The van der Waals surface area contributed by atoms with Gasteiger partial charge >= 0.3 is 0 Å². The first-order valence-corrected chi connectivity index (χ1v) is 6.66. The largest absolute Gasteiger partial charge is 0.398 e. The highest BCUT2D eigenvalue weighted by molar-refractivity contribution is 7.98. The molecule has 0 radical (unpaired) electrons. The van der Waals surface area contributed by atoms with Crippen LogP contribution in [0, 0.1) is 0 Å². The molecule has 0 saturated carbocycles. The number of carbonyl (C=O) groups is 1. The maximum absolute atomic E-state index is 11.9. The van der Waals surface area contributed by atoms with Gasteiger partial charge in [0.15, 0.2) is 4.75 Å². The molecule has 2 N–H and O–H groups in total. The Morgan fingerprint density at radius 3 is 2.41 bits per heavy atom. The molecule has 1 saturated heterocycles. The van der Waals surface area contributed by atoms with Gasteiger partial charge in [0.2, 0.25) is 0 Å². The van der Waals surface area contributed by atoms with Crippen LogP contribution in [0.1, 0.15) is 13.8 Å². The van der Waals surface area contributed by atoms with E-state index in [4.69, 9.17) is 17.3 Å². The van der Waals surface area contributed by atoms with Gasteiger partial charge in [0.05, 0.1) is 16.4 Å². The van der Waals surface area contributed by atoms with Crippen LogP contribution in [0.4, 0.5) is 11.4 Å². The molecule has 2 rings (SSSR count). The zero-order valence-corrected chi connectivity index (χ0v) is 10.8. The summed E-state index contributed by atoms with van der Waals surface area (Å²) in [7, 11) is -3.65. The fraction of sp³-hybridized carbons (Fsp3) is 0.300. The first kappa shape index (κ1) is 12.2. The summed E-state index contributed by atoms with van der Waals surface area (Å²) in [6, 6.07) is 4.28. The molecule has 0 spiro atoms. The number of nitrogen functional groups attached to an aromatic ring is 1. The summed E-state index contributed by atoms with van der Waals surface area (Å²) in [5.74, 6) is -0.474. The smallest absolute Gasteiger partial charge is 0.263 e. The maximum atomic E-state index is 11.9. The predicted molar refractivity (Wildman–Crippen MR) is 66.3 cm³/mol. The third-order valence-electron chi connectivity index (χ3n) is 2.80. The van der Waals surface area contributed by atoms with Gasteiger partial charge in [-0.3, -0.25) is 4.79 Å². The molecule has 0 unspecified atom stereocenters. The number of carbonyl (C=O) groups excluding carboxylic acids is 1. The first-order chi connectivity index (χ1) is 7.69. The number of halogens is 1. The van der Waals surface area contributed by atoms with E-state index >= 15 is 0 Å². The lowest BCUT2D eigenvalue weighted by Crippen LogP contribution is -2.67. The number of hydrogen-bond donors (Lipinski definition) is 1. The van der Waals surface area contributed by atoms with Gasteiger partial charge in [-0.25, -0.2) is 12.7 Å². The van der Waals surface area contributed by atoms with Crippen molar-refractivity contribution in [3.63, 3.8) is 0 Å². The zero-order chi connectivity index (χ0) is 13.0. The van der Waals surface area contributed by atoms with Crippen LogP contribution in [-0.4, -0.2) is 19.1 Å². The molecule has 1 heterocycles. The summed E-state index contributed by atoms with van der Waals surface area (Å²) in [5.41, 5.74) is 6.07. The fourth-order valence-electron chi connectivity index (χ4n) is 1.55. The van der Waals surface area contributed by atoms with Crippen molar-refractivity contribution in [2.24, 2.45) is 0 Å². The molecule has 0 aromatic heterocycles. The van der Waals surface area contributed by atoms with Crippen LogP contribution in [0.2, 0.25) is 5.02 Å². The topological polar surface area (TPSA) is 80.5 Å². The van der Waals surface area contributed by atoms with E-state index < -0.39 is 20.7 Å². The van der Waals surface area contributed by atoms with Gasteiger partial charge < -0.3 is 5.73 Å². The lowest BCUT2D eigenvalue weighted by Gasteiger charge is -2.42. The van der Waals surface area contributed by atoms with Gasteiger partial charge in [-0.05, 0) is 32.0 Å². The molecule has 92 valence electrons. The van der Waals surface area contributed by atoms with E-state index in [1.54, 1.807) is 0 Å². The number of benzene rings is 1. The monoisotopic (exact) mass is 274 g/mol. The minimum absolute atomic E-state index is 0.216. The predicted octanol–water partition coefficient (Wildman–Crippen LogP) is 1.38. The highest BCUT2D eigenvalue weighted by Crippen LogP contribution is 2.40. The molecule has 1 aliphatic rings. The molecule has 7 heteroatoms. The number of nitrogens with zero attached hydrogens (tertiary/aromatic N) is 1. The third kappa shape index (κ3) is 1.44. The van der Waals surface area contributed by atoms with E-state index in [1.165, 1.54) is 32.0 Å². The Morgan fingerprint density at radius 1 is 1.35 bits per heavy atom. The molecular weight excluding hydrogens is 264 g/mol. The molecule has 1 fully saturated rings. The van der Waals surface area contributed by atoms with Gasteiger partial charge in [0, 0.05) is 0 Å². The fourth-order valence-corrected chi connectivity index (χ4v) is 3.20. The lowest BCUT2D eigenvalue weighted by molar-refractivity contribution is -0.120. The summed E-state index contributed by atoms with van der Waals surface area (Å²) in [4.78, 5) is 11.8. The number of amides is 1. The van der Waals surface area contributed by atoms with E-state index in [0.29, 0.717) is 5.69 Å².